The zero-order valence-electron chi connectivity index (χ0n) is 12.0. The maximum absolute atomic E-state index is 6.61. The van der Waals surface area contributed by atoms with Gasteiger partial charge in [-0.1, -0.05) is 0 Å². The fourth-order valence-corrected chi connectivity index (χ4v) is 15.0. The van der Waals surface area contributed by atoms with Gasteiger partial charge in [0.05, 0.1) is 0 Å². The van der Waals surface area contributed by atoms with Crippen molar-refractivity contribution < 1.29 is 0 Å². The number of rotatable bonds is 2. The van der Waals surface area contributed by atoms with E-state index in [9.17, 15) is 0 Å². The molecule has 0 spiro atoms. The van der Waals surface area contributed by atoms with Crippen LogP contribution in [0, 0.1) is 0 Å². The molecule has 0 heterocycles. The topological polar surface area (TPSA) is 0 Å². The third-order valence-electron chi connectivity index (χ3n) is 4.52. The molecule has 2 aromatic rings. The fraction of sp³-hybridized carbons (Fsp3) is 0.200. The van der Waals surface area contributed by atoms with E-state index in [4.69, 9.17) is 60.1 Å². The minimum atomic E-state index is -3.73. The molecular formula is C15H12Cl6Ge2. The van der Waals surface area contributed by atoms with Crippen LogP contribution in [-0.4, -0.2) is 21.0 Å². The van der Waals surface area contributed by atoms with Crippen molar-refractivity contribution >= 4 is 81.0 Å². The molecule has 0 unspecified atom stereocenters. The Morgan fingerprint density at radius 2 is 1.13 bits per heavy atom. The second kappa shape index (κ2) is 6.46. The zero-order valence-corrected chi connectivity index (χ0v) is 20.7. The van der Waals surface area contributed by atoms with Crippen molar-refractivity contribution in [1.29, 1.82) is 0 Å². The molecule has 0 radical (unpaired) electrons. The number of hydrogen-bond acceptors (Lipinski definition) is 0. The van der Waals surface area contributed by atoms with Gasteiger partial charge in [0.2, 0.25) is 0 Å². The predicted molar refractivity (Wildman–Crippen MR) is 108 cm³/mol. The van der Waals surface area contributed by atoms with Gasteiger partial charge in [-0.05, 0) is 0 Å². The van der Waals surface area contributed by atoms with E-state index >= 15 is 0 Å². The summed E-state index contributed by atoms with van der Waals surface area (Å²) in [6.07, 6.45) is 0. The van der Waals surface area contributed by atoms with Crippen LogP contribution in [0.2, 0.25) is 0 Å². The van der Waals surface area contributed by atoms with Gasteiger partial charge in [0.1, 0.15) is 0 Å². The van der Waals surface area contributed by atoms with Gasteiger partial charge in [0, 0.05) is 0 Å². The molecule has 0 saturated heterocycles. The van der Waals surface area contributed by atoms with Crippen LogP contribution in [0.4, 0.5) is 0 Å². The van der Waals surface area contributed by atoms with Crippen molar-refractivity contribution in [2.24, 2.45) is 0 Å². The predicted octanol–water partition coefficient (Wildman–Crippen LogP) is 6.83. The second-order valence-electron chi connectivity index (χ2n) is 5.77. The first kappa shape index (κ1) is 19.0. The van der Waals surface area contributed by atoms with Crippen LogP contribution in [-0.2, 0) is 4.25 Å². The molecule has 1 aliphatic carbocycles. The molecule has 0 amide bonds. The maximum atomic E-state index is 6.61. The van der Waals surface area contributed by atoms with Gasteiger partial charge < -0.3 is 0 Å². The van der Waals surface area contributed by atoms with Crippen molar-refractivity contribution in [2.75, 3.05) is 0 Å². The van der Waals surface area contributed by atoms with E-state index in [1.165, 1.54) is 0 Å². The van der Waals surface area contributed by atoms with Crippen molar-refractivity contribution in [2.45, 2.75) is 15.9 Å². The normalized spacial score (nSPS) is 24.0. The molecule has 2 aromatic carbocycles. The van der Waals surface area contributed by atoms with Crippen LogP contribution in [0.25, 0.3) is 0 Å². The summed E-state index contributed by atoms with van der Waals surface area (Å²) < 4.78 is -0.845. The second-order valence-corrected chi connectivity index (χ2v) is 37.6. The summed E-state index contributed by atoms with van der Waals surface area (Å²) in [5.41, 5.74) is 3.96. The molecule has 3 rings (SSSR count). The van der Waals surface area contributed by atoms with Crippen LogP contribution in [0.1, 0.15) is 33.9 Å². The Hall–Kier alpha value is 1.27. The molecular weight excluding hydrogens is 538 g/mol. The third-order valence-corrected chi connectivity index (χ3v) is 20.0. The van der Waals surface area contributed by atoms with Crippen LogP contribution in [0.3, 0.4) is 0 Å². The average Bonchev–Trinajstić information content (AvgIpc) is 2.45. The first-order valence-corrected chi connectivity index (χ1v) is 25.7. The minimum absolute atomic E-state index is 0.213. The summed E-state index contributed by atoms with van der Waals surface area (Å²) in [6, 6.07) is 15.8. The summed E-state index contributed by atoms with van der Waals surface area (Å²) in [5.74, 6) is 0. The number of benzene rings is 2. The van der Waals surface area contributed by atoms with E-state index in [-0.39, 0.29) is 4.75 Å². The van der Waals surface area contributed by atoms with Crippen molar-refractivity contribution in [3.05, 3.63) is 70.8 Å². The molecule has 0 aromatic heterocycles. The summed E-state index contributed by atoms with van der Waals surface area (Å²) in [4.78, 5) is 0. The first-order valence-electron chi connectivity index (χ1n) is 6.90. The molecule has 0 nitrogen and oxygen atoms in total. The Balaban J connectivity index is 2.43. The molecule has 0 N–H and O–H groups in total. The van der Waals surface area contributed by atoms with Gasteiger partial charge >= 0.3 is 168 Å². The third kappa shape index (κ3) is 3.10. The van der Waals surface area contributed by atoms with Crippen LogP contribution < -0.4 is 0 Å². The van der Waals surface area contributed by atoms with E-state index < -0.39 is 25.2 Å². The molecule has 0 aliphatic heterocycles. The van der Waals surface area contributed by atoms with Gasteiger partial charge in [0.25, 0.3) is 0 Å². The number of halogens is 6. The standard InChI is InChI=1S/C15H12Cl6Ge2/c1-15(23(19,20)21)12-8-4-2-6-10(12)14(22(16,17)18)11-7-3-5-9-13(11)15/h2-9,14H,1H3. The summed E-state index contributed by atoms with van der Waals surface area (Å²) in [6.45, 7) is 2.01. The van der Waals surface area contributed by atoms with Crippen LogP contribution in [0.5, 0.6) is 0 Å². The van der Waals surface area contributed by atoms with E-state index in [2.05, 4.69) is 0 Å². The van der Waals surface area contributed by atoms with E-state index in [1.54, 1.807) is 0 Å². The fourth-order valence-electron chi connectivity index (χ4n) is 3.38. The Bertz CT molecular complexity index is 703. The quantitative estimate of drug-likeness (QED) is 0.360. The molecule has 23 heavy (non-hydrogen) atoms. The number of fused-ring (bicyclic) bond motifs is 2. The Morgan fingerprint density at radius 3 is 1.48 bits per heavy atom. The molecule has 0 saturated carbocycles. The molecule has 1 aliphatic rings. The monoisotopic (exact) mass is 550 g/mol. The number of hydrogen-bond donors (Lipinski definition) is 0. The zero-order chi connectivity index (χ0) is 17.0. The molecule has 0 atom stereocenters. The van der Waals surface area contributed by atoms with Crippen molar-refractivity contribution in [3.63, 3.8) is 0 Å². The average molecular weight is 550 g/mol. The van der Waals surface area contributed by atoms with Gasteiger partial charge in [0.15, 0.2) is 0 Å². The summed E-state index contributed by atoms with van der Waals surface area (Å²) >= 11 is 0. The van der Waals surface area contributed by atoms with Crippen LogP contribution in [0.15, 0.2) is 48.5 Å². The van der Waals surface area contributed by atoms with Gasteiger partial charge in [-0.3, -0.25) is 0 Å². The summed E-state index contributed by atoms with van der Waals surface area (Å²) in [5, 5.41) is 0. The van der Waals surface area contributed by atoms with E-state index in [1.807, 2.05) is 55.5 Å². The van der Waals surface area contributed by atoms with Gasteiger partial charge in [-0.25, -0.2) is 0 Å². The molecule has 0 fully saturated rings. The SMILES string of the molecule is C[C]1([Ge]([Cl])([Cl])[Cl])c2ccccc2[CH]([Ge]([Cl])([Cl])[Cl])c2ccccc21. The first-order chi connectivity index (χ1) is 10.6. The summed E-state index contributed by atoms with van der Waals surface area (Å²) in [7, 11) is 32.0. The van der Waals surface area contributed by atoms with Crippen LogP contribution >= 0.6 is 60.1 Å². The molecule has 0 bridgehead atoms. The van der Waals surface area contributed by atoms with E-state index in [0.717, 1.165) is 22.3 Å². The molecule has 122 valence electrons. The Labute approximate surface area is 166 Å². The van der Waals surface area contributed by atoms with Crippen molar-refractivity contribution in [3.8, 4) is 0 Å². The Kier molecular flexibility index (Phi) is 5.34. The Morgan fingerprint density at radius 1 is 0.739 bits per heavy atom. The molecule has 8 heteroatoms. The van der Waals surface area contributed by atoms with E-state index in [0.29, 0.717) is 0 Å². The van der Waals surface area contributed by atoms with Gasteiger partial charge in [-0.15, -0.1) is 0 Å². The van der Waals surface area contributed by atoms with Gasteiger partial charge in [-0.2, -0.15) is 0 Å². The van der Waals surface area contributed by atoms with Crippen molar-refractivity contribution in [1.82, 2.24) is 0 Å².